The van der Waals surface area contributed by atoms with E-state index in [9.17, 15) is 14.7 Å². The minimum absolute atomic E-state index is 0.0750. The van der Waals surface area contributed by atoms with Crippen LogP contribution in [0.3, 0.4) is 0 Å². The topological polar surface area (TPSA) is 66.8 Å². The second kappa shape index (κ2) is 8.51. The van der Waals surface area contributed by atoms with Crippen LogP contribution in [-0.4, -0.2) is 35.0 Å². The van der Waals surface area contributed by atoms with Gasteiger partial charge < -0.3 is 14.7 Å². The van der Waals surface area contributed by atoms with Gasteiger partial charge in [0.25, 0.3) is 5.91 Å². The second-order valence-electron chi connectivity index (χ2n) is 7.37. The van der Waals surface area contributed by atoms with E-state index < -0.39 is 17.6 Å². The van der Waals surface area contributed by atoms with E-state index in [0.717, 1.165) is 5.56 Å². The van der Waals surface area contributed by atoms with Gasteiger partial charge in [-0.2, -0.15) is 0 Å². The fourth-order valence-corrected chi connectivity index (χ4v) is 4.06. The first-order valence-electron chi connectivity index (χ1n) is 9.94. The highest BCUT2D eigenvalue weighted by Crippen LogP contribution is 2.43. The summed E-state index contributed by atoms with van der Waals surface area (Å²) >= 11 is 0. The molecule has 3 aromatic carbocycles. The summed E-state index contributed by atoms with van der Waals surface area (Å²) in [4.78, 5) is 27.6. The number of hydrogen-bond donors (Lipinski definition) is 1. The maximum atomic E-state index is 13.5. The Balaban J connectivity index is 1.89. The highest BCUT2D eigenvalue weighted by Gasteiger charge is 2.47. The fraction of sp³-hybridized carbons (Fsp3) is 0.200. The lowest BCUT2D eigenvalue weighted by atomic mass is 9.78. The molecule has 5 nitrogen and oxygen atoms in total. The third-order valence-electron chi connectivity index (χ3n) is 5.44. The molecular formula is C25H23NO4. The third-order valence-corrected chi connectivity index (χ3v) is 5.44. The van der Waals surface area contributed by atoms with Crippen molar-refractivity contribution in [3.8, 4) is 0 Å². The number of benzene rings is 3. The third kappa shape index (κ3) is 3.84. The number of esters is 1. The molecule has 0 aliphatic carbocycles. The fourth-order valence-electron chi connectivity index (χ4n) is 4.06. The zero-order valence-corrected chi connectivity index (χ0v) is 16.5. The Bertz CT molecular complexity index is 1010. The van der Waals surface area contributed by atoms with Crippen LogP contribution in [0.25, 0.3) is 0 Å². The van der Waals surface area contributed by atoms with Gasteiger partial charge in [-0.3, -0.25) is 9.59 Å². The van der Waals surface area contributed by atoms with E-state index in [0.29, 0.717) is 11.1 Å². The molecule has 0 radical (unpaired) electrons. The summed E-state index contributed by atoms with van der Waals surface area (Å²) in [5.41, 5.74) is 0.178. The first kappa shape index (κ1) is 19.9. The van der Waals surface area contributed by atoms with Crippen LogP contribution in [0.15, 0.2) is 91.0 Å². The largest absolute Gasteiger partial charge is 0.464 e. The van der Waals surface area contributed by atoms with Gasteiger partial charge in [0.1, 0.15) is 12.2 Å². The molecule has 0 spiro atoms. The maximum Gasteiger partial charge on any atom is 0.309 e. The van der Waals surface area contributed by atoms with Gasteiger partial charge in [-0.05, 0) is 23.3 Å². The van der Waals surface area contributed by atoms with Gasteiger partial charge in [0.2, 0.25) is 0 Å². The highest BCUT2D eigenvalue weighted by molar-refractivity contribution is 5.94. The van der Waals surface area contributed by atoms with Crippen LogP contribution in [-0.2, 0) is 15.1 Å². The van der Waals surface area contributed by atoms with E-state index in [1.807, 2.05) is 54.6 Å². The number of hydrogen-bond acceptors (Lipinski definition) is 4. The normalized spacial score (nSPS) is 22.0. The summed E-state index contributed by atoms with van der Waals surface area (Å²) in [5, 5.41) is 12.0. The van der Waals surface area contributed by atoms with Gasteiger partial charge in [-0.25, -0.2) is 0 Å². The molecule has 0 bridgehead atoms. The predicted octanol–water partition coefficient (Wildman–Crippen LogP) is 3.70. The molecule has 1 fully saturated rings. The molecule has 0 saturated carbocycles. The van der Waals surface area contributed by atoms with Gasteiger partial charge in [-0.15, -0.1) is 0 Å². The lowest BCUT2D eigenvalue weighted by molar-refractivity contribution is -0.159. The molecule has 30 heavy (non-hydrogen) atoms. The average molecular weight is 401 g/mol. The molecule has 1 aliphatic rings. The van der Waals surface area contributed by atoms with Crippen molar-refractivity contribution in [3.63, 3.8) is 0 Å². The van der Waals surface area contributed by atoms with Crippen LogP contribution in [0.2, 0.25) is 0 Å². The molecule has 152 valence electrons. The zero-order valence-electron chi connectivity index (χ0n) is 16.5. The second-order valence-corrected chi connectivity index (χ2v) is 7.37. The molecule has 0 aromatic heterocycles. The van der Waals surface area contributed by atoms with Crippen LogP contribution in [0, 0.1) is 0 Å². The van der Waals surface area contributed by atoms with Crippen LogP contribution in [0.1, 0.15) is 33.9 Å². The number of ether oxygens (including phenoxy) is 1. The van der Waals surface area contributed by atoms with Gasteiger partial charge in [0.15, 0.2) is 0 Å². The number of amides is 1. The van der Waals surface area contributed by atoms with Crippen molar-refractivity contribution in [1.29, 1.82) is 0 Å². The summed E-state index contributed by atoms with van der Waals surface area (Å²) in [6.07, 6.45) is -0.255. The number of carbonyl (C=O) groups excluding carboxylic acids is 2. The minimum Gasteiger partial charge on any atom is -0.464 e. The maximum absolute atomic E-state index is 13.5. The summed E-state index contributed by atoms with van der Waals surface area (Å²) in [7, 11) is 0. The van der Waals surface area contributed by atoms with Crippen molar-refractivity contribution in [2.45, 2.75) is 18.1 Å². The van der Waals surface area contributed by atoms with E-state index in [2.05, 4.69) is 0 Å². The van der Waals surface area contributed by atoms with E-state index in [1.165, 1.54) is 0 Å². The van der Waals surface area contributed by atoms with Crippen molar-refractivity contribution in [3.05, 3.63) is 108 Å². The Hall–Kier alpha value is -3.44. The van der Waals surface area contributed by atoms with Crippen LogP contribution < -0.4 is 0 Å². The Labute approximate surface area is 175 Å². The van der Waals surface area contributed by atoms with Crippen molar-refractivity contribution in [2.75, 3.05) is 13.2 Å². The Morgan fingerprint density at radius 1 is 0.900 bits per heavy atom. The van der Waals surface area contributed by atoms with Crippen molar-refractivity contribution >= 4 is 11.9 Å². The number of cyclic esters (lactones) is 1. The molecule has 1 saturated heterocycles. The molecule has 5 heteroatoms. The van der Waals surface area contributed by atoms with E-state index in [-0.39, 0.29) is 25.5 Å². The van der Waals surface area contributed by atoms with Crippen molar-refractivity contribution < 1.29 is 19.4 Å². The molecule has 3 aromatic rings. The van der Waals surface area contributed by atoms with Gasteiger partial charge >= 0.3 is 5.97 Å². The lowest BCUT2D eigenvalue weighted by Gasteiger charge is -2.44. The van der Waals surface area contributed by atoms with Crippen LogP contribution >= 0.6 is 0 Å². The van der Waals surface area contributed by atoms with Gasteiger partial charge in [-0.1, -0.05) is 78.9 Å². The molecule has 1 N–H and O–H groups in total. The van der Waals surface area contributed by atoms with Crippen LogP contribution in [0.5, 0.6) is 0 Å². The quantitative estimate of drug-likeness (QED) is 0.680. The van der Waals surface area contributed by atoms with E-state index in [1.54, 1.807) is 41.3 Å². The smallest absolute Gasteiger partial charge is 0.309 e. The number of rotatable bonds is 3. The first-order chi connectivity index (χ1) is 14.6. The molecular weight excluding hydrogens is 378 g/mol. The average Bonchev–Trinajstić information content (AvgIpc) is 2.78. The molecule has 1 heterocycles. The first-order valence-corrected chi connectivity index (χ1v) is 9.94. The number of carbonyl (C=O) groups is 2. The molecule has 4 rings (SSSR count). The summed E-state index contributed by atoms with van der Waals surface area (Å²) in [5.74, 6) is -0.717. The summed E-state index contributed by atoms with van der Waals surface area (Å²) < 4.78 is 5.31. The Morgan fingerprint density at radius 3 is 2.10 bits per heavy atom. The molecule has 2 atom stereocenters. The molecule has 2 unspecified atom stereocenters. The van der Waals surface area contributed by atoms with Crippen molar-refractivity contribution in [2.24, 2.45) is 0 Å². The SMILES string of the molecule is O=C1CC(O)(c2ccccc2)C(c2ccccc2)N(C(=O)c2ccccc2)CCO1. The molecule has 1 amide bonds. The summed E-state index contributed by atoms with van der Waals surface area (Å²) in [6.45, 7) is 0.250. The van der Waals surface area contributed by atoms with Gasteiger partial charge in [0, 0.05) is 5.56 Å². The van der Waals surface area contributed by atoms with E-state index >= 15 is 0 Å². The molecule has 1 aliphatic heterocycles. The Morgan fingerprint density at radius 2 is 1.47 bits per heavy atom. The monoisotopic (exact) mass is 401 g/mol. The van der Waals surface area contributed by atoms with Crippen molar-refractivity contribution in [1.82, 2.24) is 4.90 Å². The highest BCUT2D eigenvalue weighted by atomic mass is 16.5. The number of nitrogens with zero attached hydrogens (tertiary/aromatic N) is 1. The van der Waals surface area contributed by atoms with Gasteiger partial charge in [0.05, 0.1) is 19.0 Å². The van der Waals surface area contributed by atoms with Crippen LogP contribution in [0.4, 0.5) is 0 Å². The number of aliphatic hydroxyl groups is 1. The predicted molar refractivity (Wildman–Crippen MR) is 113 cm³/mol. The Kier molecular flexibility index (Phi) is 5.63. The lowest BCUT2D eigenvalue weighted by Crippen LogP contribution is -2.51. The minimum atomic E-state index is -1.65. The summed E-state index contributed by atoms with van der Waals surface area (Å²) in [6, 6.07) is 26.5. The zero-order chi connectivity index (χ0) is 21.0. The standard InChI is InChI=1S/C25H23NO4/c27-22-18-25(29,21-14-8-3-9-15-21)23(19-10-4-1-5-11-19)26(16-17-30-22)24(28)20-12-6-2-7-13-20/h1-15,23,29H,16-18H2. The van der Waals surface area contributed by atoms with E-state index in [4.69, 9.17) is 4.74 Å².